The van der Waals surface area contributed by atoms with Gasteiger partial charge in [-0.1, -0.05) is 15.9 Å². The van der Waals surface area contributed by atoms with Crippen molar-refractivity contribution in [3.63, 3.8) is 0 Å². The summed E-state index contributed by atoms with van der Waals surface area (Å²) in [6.07, 6.45) is 0.907. The van der Waals surface area contributed by atoms with Gasteiger partial charge in [0.2, 0.25) is 10.9 Å². The third kappa shape index (κ3) is 6.24. The Balaban J connectivity index is 0.00000364. The van der Waals surface area contributed by atoms with Gasteiger partial charge in [-0.05, 0) is 18.2 Å². The van der Waals surface area contributed by atoms with Gasteiger partial charge in [-0.2, -0.15) is 0 Å². The molecule has 1 aromatic carbocycles. The number of amides is 1. The summed E-state index contributed by atoms with van der Waals surface area (Å²) in [5.74, 6) is -4.03. The van der Waals surface area contributed by atoms with Gasteiger partial charge in [0.15, 0.2) is 0 Å². The minimum absolute atomic E-state index is 0. The van der Waals surface area contributed by atoms with Crippen LogP contribution in [-0.4, -0.2) is 40.9 Å². The molecular weight excluding hydrogens is 458 g/mol. The molecule has 0 radical (unpaired) electrons. The summed E-state index contributed by atoms with van der Waals surface area (Å²) in [7, 11) is 1.14. The maximum absolute atomic E-state index is 12.7. The summed E-state index contributed by atoms with van der Waals surface area (Å²) in [5.41, 5.74) is -2.17. The molecule has 1 amide bonds. The SMILES string of the molecule is CN(CC(=O)[O-])C(=O)c1cn(CC(=O)[O-])c2c(=O)ccc(Br)cc2c1=O.[Na+].[Na+]. The average Bonchev–Trinajstić information content (AvgIpc) is 2.68. The van der Waals surface area contributed by atoms with E-state index in [1.54, 1.807) is 0 Å². The summed E-state index contributed by atoms with van der Waals surface area (Å²) < 4.78 is 1.27. The summed E-state index contributed by atoms with van der Waals surface area (Å²) >= 11 is 3.13. The van der Waals surface area contributed by atoms with Crippen LogP contribution in [0.15, 0.2) is 38.5 Å². The number of nitrogens with zero attached hydrogens (tertiary/aromatic N) is 2. The zero-order chi connectivity index (χ0) is 19.6. The number of halogens is 1. The van der Waals surface area contributed by atoms with Crippen molar-refractivity contribution in [2.45, 2.75) is 6.54 Å². The van der Waals surface area contributed by atoms with E-state index in [4.69, 9.17) is 0 Å². The topological polar surface area (TPSA) is 140 Å². The number of aliphatic carboxylic acids is 2. The van der Waals surface area contributed by atoms with Gasteiger partial charge in [-0.3, -0.25) is 14.4 Å². The van der Waals surface area contributed by atoms with E-state index >= 15 is 0 Å². The molecule has 0 spiro atoms. The number of carboxylic acids is 2. The Hall–Kier alpha value is -1.01. The van der Waals surface area contributed by atoms with Crippen molar-refractivity contribution < 1.29 is 83.7 Å². The molecule has 2 aromatic rings. The standard InChI is InChI=1S/C16H13BrN2O7.2Na/c1-18(6-12(21)22)16(26)10-5-19(7-13(23)24)14-9(15(10)25)4-8(17)2-3-11(14)20;;/h2-5H,6-7H2,1H3,(H,21,22)(H,23,24);;/q;2*+1/p-2. The number of hydrogen-bond donors (Lipinski definition) is 0. The fourth-order valence-electron chi connectivity index (χ4n) is 2.40. The molecule has 0 aliphatic rings. The Morgan fingerprint density at radius 3 is 2.25 bits per heavy atom. The molecule has 0 bridgehead atoms. The van der Waals surface area contributed by atoms with Gasteiger partial charge in [0.25, 0.3) is 5.91 Å². The largest absolute Gasteiger partial charge is 1.00 e. The van der Waals surface area contributed by atoms with Gasteiger partial charge < -0.3 is 29.3 Å². The predicted molar refractivity (Wildman–Crippen MR) is 89.2 cm³/mol. The van der Waals surface area contributed by atoms with E-state index in [9.17, 15) is 34.2 Å². The maximum Gasteiger partial charge on any atom is 1.00 e. The molecule has 0 saturated carbocycles. The number of likely N-dealkylation sites (N-methyl/N-ethyl adjacent to an activating group) is 1. The molecule has 136 valence electrons. The van der Waals surface area contributed by atoms with E-state index in [1.165, 1.54) is 12.1 Å². The molecule has 2 rings (SSSR count). The van der Waals surface area contributed by atoms with Crippen LogP contribution in [0, 0.1) is 0 Å². The van der Waals surface area contributed by atoms with Gasteiger partial charge in [-0.15, -0.1) is 0 Å². The predicted octanol–water partition coefficient (Wildman–Crippen LogP) is -8.30. The van der Waals surface area contributed by atoms with Crippen LogP contribution >= 0.6 is 15.9 Å². The third-order valence-electron chi connectivity index (χ3n) is 3.47. The molecule has 9 nitrogen and oxygen atoms in total. The molecular formula is C16H11BrN2Na2O7. The number of carboxylic acid groups (broad SMARTS) is 2. The number of pyridine rings is 1. The second kappa shape index (κ2) is 11.2. The van der Waals surface area contributed by atoms with E-state index < -0.39 is 47.4 Å². The van der Waals surface area contributed by atoms with Crippen molar-refractivity contribution in [2.75, 3.05) is 13.6 Å². The van der Waals surface area contributed by atoms with E-state index in [0.29, 0.717) is 4.47 Å². The molecule has 0 N–H and O–H groups in total. The minimum atomic E-state index is -1.54. The zero-order valence-corrected chi connectivity index (χ0v) is 20.9. The summed E-state index contributed by atoms with van der Waals surface area (Å²) in [4.78, 5) is 59.8. The number of carbonyl (C=O) groups excluding carboxylic acids is 3. The van der Waals surface area contributed by atoms with Crippen molar-refractivity contribution in [3.05, 3.63) is 54.9 Å². The van der Waals surface area contributed by atoms with Gasteiger partial charge in [-0.25, -0.2) is 0 Å². The molecule has 0 unspecified atom stereocenters. The van der Waals surface area contributed by atoms with Crippen molar-refractivity contribution in [3.8, 4) is 0 Å². The second-order valence-corrected chi connectivity index (χ2v) is 6.31. The minimum Gasteiger partial charge on any atom is -0.548 e. The molecule has 0 saturated heterocycles. The number of carbonyl (C=O) groups is 3. The first-order valence-electron chi connectivity index (χ1n) is 7.14. The number of fused-ring (bicyclic) bond motifs is 1. The first-order chi connectivity index (χ1) is 12.1. The second-order valence-electron chi connectivity index (χ2n) is 5.39. The molecule has 0 aliphatic heterocycles. The number of aromatic nitrogens is 1. The van der Waals surface area contributed by atoms with Gasteiger partial charge in [0.05, 0.1) is 30.4 Å². The van der Waals surface area contributed by atoms with Crippen LogP contribution in [0.2, 0.25) is 0 Å². The first-order valence-corrected chi connectivity index (χ1v) is 7.93. The van der Waals surface area contributed by atoms with Gasteiger partial charge in [0, 0.05) is 17.7 Å². The summed E-state index contributed by atoms with van der Waals surface area (Å²) in [6, 6.07) is 3.79. The van der Waals surface area contributed by atoms with E-state index in [2.05, 4.69) is 15.9 Å². The molecule has 28 heavy (non-hydrogen) atoms. The third-order valence-corrected chi connectivity index (χ3v) is 3.96. The van der Waals surface area contributed by atoms with E-state index in [-0.39, 0.29) is 70.0 Å². The normalized spacial score (nSPS) is 9.79. The number of rotatable bonds is 5. The summed E-state index contributed by atoms with van der Waals surface area (Å²) in [5, 5.41) is 21.5. The fraction of sp³-hybridized carbons (Fsp3) is 0.188. The molecule has 12 heteroatoms. The Kier molecular flexibility index (Phi) is 10.8. The monoisotopic (exact) mass is 468 g/mol. The Bertz CT molecular complexity index is 1060. The van der Waals surface area contributed by atoms with Crippen molar-refractivity contribution in [1.82, 2.24) is 9.47 Å². The number of hydrogen-bond acceptors (Lipinski definition) is 7. The van der Waals surface area contributed by atoms with Crippen LogP contribution in [0.4, 0.5) is 0 Å². The zero-order valence-electron chi connectivity index (χ0n) is 15.4. The van der Waals surface area contributed by atoms with E-state index in [1.807, 2.05) is 0 Å². The van der Waals surface area contributed by atoms with Crippen LogP contribution < -0.4 is 80.2 Å². The van der Waals surface area contributed by atoms with E-state index in [0.717, 1.165) is 28.8 Å². The van der Waals surface area contributed by atoms with Crippen LogP contribution in [0.5, 0.6) is 0 Å². The van der Waals surface area contributed by atoms with Crippen LogP contribution in [0.3, 0.4) is 0 Å². The molecule has 1 aromatic heterocycles. The van der Waals surface area contributed by atoms with Gasteiger partial charge in [0.1, 0.15) is 11.1 Å². The van der Waals surface area contributed by atoms with Gasteiger partial charge >= 0.3 is 59.1 Å². The Morgan fingerprint density at radius 1 is 1.11 bits per heavy atom. The van der Waals surface area contributed by atoms with Crippen LogP contribution in [-0.2, 0) is 16.1 Å². The Morgan fingerprint density at radius 2 is 1.71 bits per heavy atom. The first kappa shape index (κ1) is 27.0. The average molecular weight is 469 g/mol. The van der Waals surface area contributed by atoms with Crippen LogP contribution in [0.1, 0.15) is 10.4 Å². The smallest absolute Gasteiger partial charge is 0.548 e. The van der Waals surface area contributed by atoms with Crippen LogP contribution in [0.25, 0.3) is 10.9 Å². The molecule has 1 heterocycles. The molecule has 0 aliphatic carbocycles. The van der Waals surface area contributed by atoms with Crippen molar-refractivity contribution >= 4 is 44.7 Å². The molecule has 0 fully saturated rings. The molecule has 0 atom stereocenters. The maximum atomic E-state index is 12.7. The van der Waals surface area contributed by atoms with Crippen molar-refractivity contribution in [1.29, 1.82) is 0 Å². The fourth-order valence-corrected chi connectivity index (χ4v) is 2.76. The summed E-state index contributed by atoms with van der Waals surface area (Å²) in [6.45, 7) is -1.55. The Labute approximate surface area is 211 Å². The quantitative estimate of drug-likeness (QED) is 0.397. The van der Waals surface area contributed by atoms with Crippen molar-refractivity contribution in [2.24, 2.45) is 0 Å².